The summed E-state index contributed by atoms with van der Waals surface area (Å²) in [5.74, 6) is -3.96. The van der Waals surface area contributed by atoms with E-state index in [2.05, 4.69) is 26.1 Å². The number of hydrogen-bond donors (Lipinski definition) is 13. The van der Waals surface area contributed by atoms with Gasteiger partial charge in [-0.15, -0.1) is 0 Å². The van der Waals surface area contributed by atoms with Gasteiger partial charge in [0.05, 0.1) is 0 Å². The molecule has 0 aromatic rings. The summed E-state index contributed by atoms with van der Waals surface area (Å²) in [4.78, 5) is 62.9. The molecule has 33 heteroatoms. The van der Waals surface area contributed by atoms with Crippen LogP contribution in [-0.4, -0.2) is 160 Å². The minimum absolute atomic E-state index is 0. The van der Waals surface area contributed by atoms with Crippen LogP contribution in [0, 0.1) is 0 Å². The predicted octanol–water partition coefficient (Wildman–Crippen LogP) is -5.11. The van der Waals surface area contributed by atoms with E-state index in [0.29, 0.717) is 0 Å². The number of phosphoric ester groups is 1. The molecule has 0 aromatic heterocycles. The molecule has 226 valence electrons. The number of aliphatic hydroxyl groups is 6. The van der Waals surface area contributed by atoms with Crippen molar-refractivity contribution in [1.82, 2.24) is 0 Å². The molecule has 1 aliphatic carbocycles. The Morgan fingerprint density at radius 2 is 0.718 bits per heavy atom. The van der Waals surface area contributed by atoms with E-state index in [1.54, 1.807) is 0 Å². The van der Waals surface area contributed by atoms with Gasteiger partial charge in [0, 0.05) is 0 Å². The Morgan fingerprint density at radius 1 is 0.462 bits per heavy atom. The minimum atomic E-state index is -6.59. The molecule has 1 rings (SSSR count). The standard InChI is InChI=1S/C6H18O25P6.2Na.2H/c7-1-2(8)4(10)6(12,5(11)3(1)9)26-33(16,17)28-35(20,21)30-37(24,25)31-36(22,23)29-34(18,19)27-32(13,14)15;;;;/h1-5,7-12H,(H,16,17)(H,18,19)(H,20,21)(H,22,23)(H,24,25)(H2,13,14,15);;;;/t1-,2-,3+,4-,5-,6-;;;;/m1..../s1. The number of phosphoric acid groups is 6. The molecule has 0 radical (unpaired) electrons. The first-order valence-electron chi connectivity index (χ1n) is 8.13. The van der Waals surface area contributed by atoms with Crippen LogP contribution in [0.4, 0.5) is 0 Å². The number of rotatable bonds is 12. The summed E-state index contributed by atoms with van der Waals surface area (Å²) in [6, 6.07) is 0. The van der Waals surface area contributed by atoms with Crippen molar-refractivity contribution in [3.8, 4) is 0 Å². The second-order valence-corrected chi connectivity index (χ2v) is 15.6. The molecular formula is C6H20Na2O25P6. The monoisotopic (exact) mass is 724 g/mol. The molecule has 0 saturated heterocycles. The number of aliphatic hydroxyl groups excluding tert-OH is 5. The molecule has 0 bridgehead atoms. The van der Waals surface area contributed by atoms with Crippen LogP contribution < -0.4 is 0 Å². The molecule has 11 atom stereocenters. The van der Waals surface area contributed by atoms with Gasteiger partial charge in [0.25, 0.3) is 0 Å². The van der Waals surface area contributed by atoms with E-state index < -0.39 is 83.2 Å². The first-order chi connectivity index (χ1) is 16.0. The summed E-state index contributed by atoms with van der Waals surface area (Å²) >= 11 is 0. The van der Waals surface area contributed by atoms with Crippen LogP contribution in [-0.2, 0) is 53.5 Å². The second kappa shape index (κ2) is 14.8. The van der Waals surface area contributed by atoms with Gasteiger partial charge in [-0.2, -0.15) is 21.6 Å². The third kappa shape index (κ3) is 13.7. The third-order valence-electron chi connectivity index (χ3n) is 3.49. The van der Waals surface area contributed by atoms with Crippen molar-refractivity contribution in [2.24, 2.45) is 0 Å². The van der Waals surface area contributed by atoms with Gasteiger partial charge in [0.2, 0.25) is 5.79 Å². The van der Waals surface area contributed by atoms with Gasteiger partial charge in [-0.25, -0.2) is 31.9 Å². The molecule has 39 heavy (non-hydrogen) atoms. The Bertz CT molecular complexity index is 1120. The van der Waals surface area contributed by atoms with Crippen LogP contribution in [0.1, 0.15) is 0 Å². The van der Waals surface area contributed by atoms with Crippen molar-refractivity contribution in [3.05, 3.63) is 0 Å². The van der Waals surface area contributed by atoms with Gasteiger partial charge in [-0.05, 0) is 0 Å². The van der Waals surface area contributed by atoms with E-state index in [4.69, 9.17) is 19.6 Å². The van der Waals surface area contributed by atoms with Gasteiger partial charge in [0.1, 0.15) is 30.5 Å². The Labute approximate surface area is 259 Å². The molecule has 1 aliphatic rings. The molecule has 0 aromatic carbocycles. The fraction of sp³-hybridized carbons (Fsp3) is 1.00. The Kier molecular flexibility index (Phi) is 16.6. The molecule has 13 N–H and O–H groups in total. The first-order valence-corrected chi connectivity index (χ1v) is 17.1. The zero-order chi connectivity index (χ0) is 29.6. The van der Waals surface area contributed by atoms with E-state index in [9.17, 15) is 72.7 Å². The fourth-order valence-corrected chi connectivity index (χ4v) is 9.78. The van der Waals surface area contributed by atoms with Crippen LogP contribution in [0.2, 0.25) is 0 Å². The van der Waals surface area contributed by atoms with E-state index >= 15 is 0 Å². The van der Waals surface area contributed by atoms with Crippen LogP contribution in [0.25, 0.3) is 0 Å². The van der Waals surface area contributed by atoms with Crippen molar-refractivity contribution in [3.63, 3.8) is 0 Å². The molecule has 0 aliphatic heterocycles. The molecule has 5 unspecified atom stereocenters. The predicted molar refractivity (Wildman–Crippen MR) is 117 cm³/mol. The maximum atomic E-state index is 12.0. The van der Waals surface area contributed by atoms with Crippen molar-refractivity contribution < 1.29 is 118 Å². The summed E-state index contributed by atoms with van der Waals surface area (Å²) in [6.45, 7) is 0. The van der Waals surface area contributed by atoms with Crippen molar-refractivity contribution in [2.45, 2.75) is 36.3 Å². The Hall–Kier alpha value is 2.62. The maximum absolute atomic E-state index is 12.0. The topological polar surface area (TPSA) is 421 Å². The van der Waals surface area contributed by atoms with Crippen LogP contribution in [0.3, 0.4) is 0 Å². The zero-order valence-corrected chi connectivity index (χ0v) is 22.1. The Balaban J connectivity index is 0. The van der Waals surface area contributed by atoms with Gasteiger partial charge < -0.3 is 64.9 Å². The molecular weight excluding hydrogens is 704 g/mol. The van der Waals surface area contributed by atoms with Crippen LogP contribution in [0.15, 0.2) is 0 Å². The molecule has 25 nitrogen and oxygen atoms in total. The van der Waals surface area contributed by atoms with Crippen molar-refractivity contribution in [1.29, 1.82) is 0 Å². The van der Waals surface area contributed by atoms with Gasteiger partial charge in [-0.1, -0.05) is 0 Å². The van der Waals surface area contributed by atoms with Crippen molar-refractivity contribution >= 4 is 106 Å². The fourth-order valence-electron chi connectivity index (χ4n) is 2.26. The van der Waals surface area contributed by atoms with E-state index in [-0.39, 0.29) is 59.1 Å². The van der Waals surface area contributed by atoms with Gasteiger partial charge >= 0.3 is 106 Å². The van der Waals surface area contributed by atoms with E-state index in [1.807, 2.05) is 0 Å². The quantitative estimate of drug-likeness (QED) is 0.0508. The zero-order valence-electron chi connectivity index (χ0n) is 16.8. The normalized spacial score (nSPS) is 35.5. The third-order valence-corrected chi connectivity index (χ3v) is 12.3. The molecule has 0 heterocycles. The van der Waals surface area contributed by atoms with Gasteiger partial charge in [0.15, 0.2) is 0 Å². The molecule has 1 saturated carbocycles. The van der Waals surface area contributed by atoms with Crippen LogP contribution in [0.5, 0.6) is 0 Å². The molecule has 0 amide bonds. The van der Waals surface area contributed by atoms with E-state index in [0.717, 1.165) is 0 Å². The second-order valence-electron chi connectivity index (χ2n) is 6.45. The summed E-state index contributed by atoms with van der Waals surface area (Å²) in [7, 11) is -38.3. The Morgan fingerprint density at radius 3 is 1.00 bits per heavy atom. The molecule has 0 spiro atoms. The van der Waals surface area contributed by atoms with Crippen molar-refractivity contribution in [2.75, 3.05) is 0 Å². The molecule has 1 fully saturated rings. The van der Waals surface area contributed by atoms with Crippen LogP contribution >= 0.6 is 46.9 Å². The average molecular weight is 724 g/mol. The van der Waals surface area contributed by atoms with E-state index in [1.165, 1.54) is 0 Å². The summed E-state index contributed by atoms with van der Waals surface area (Å²) < 4.78 is 88.7. The number of hydrogen-bond acceptors (Lipinski definition) is 18. The van der Waals surface area contributed by atoms with Gasteiger partial charge in [-0.3, -0.25) is 0 Å². The first kappa shape index (κ1) is 43.7. The average Bonchev–Trinajstić information content (AvgIpc) is 2.56. The summed E-state index contributed by atoms with van der Waals surface area (Å²) in [5, 5.41) is 57.9. The SMILES string of the molecule is O=P(O)(O)OP(=O)(O)OP(=O)(O)OP(=O)(O)OP(=O)(O)OP(=O)(O)O[C@]1(O)[C@H](O)[C@H](O)[C@@H](O)[C@H](O)[C@H]1O.[NaH].[NaH]. The summed E-state index contributed by atoms with van der Waals surface area (Å²) in [5.41, 5.74) is 0. The summed E-state index contributed by atoms with van der Waals surface area (Å²) in [6.07, 6.45) is -13.5.